The molecule has 1 saturated carbocycles. The van der Waals surface area contributed by atoms with Crippen LogP contribution in [0.25, 0.3) is 5.69 Å². The van der Waals surface area contributed by atoms with Crippen molar-refractivity contribution in [2.75, 3.05) is 19.6 Å². The van der Waals surface area contributed by atoms with Crippen molar-refractivity contribution in [3.05, 3.63) is 53.3 Å². The normalized spacial score (nSPS) is 17.6. The van der Waals surface area contributed by atoms with Gasteiger partial charge in [0.25, 0.3) is 5.91 Å². The molecule has 0 spiro atoms. The summed E-state index contributed by atoms with van der Waals surface area (Å²) >= 11 is 0. The number of rotatable bonds is 5. The monoisotopic (exact) mass is 387 g/mol. The Kier molecular flexibility index (Phi) is 6.28. The Morgan fingerprint density at radius 1 is 1.07 bits per heavy atom. The first-order valence-corrected chi connectivity index (χ1v) is 9.90. The van der Waals surface area contributed by atoms with Gasteiger partial charge in [-0.15, -0.1) is 12.4 Å². The van der Waals surface area contributed by atoms with Crippen LogP contribution >= 0.6 is 12.4 Å². The van der Waals surface area contributed by atoms with E-state index in [4.69, 9.17) is 0 Å². The smallest absolute Gasteiger partial charge is 0.255 e. The molecule has 27 heavy (non-hydrogen) atoms. The maximum Gasteiger partial charge on any atom is 0.255 e. The van der Waals surface area contributed by atoms with Crippen molar-refractivity contribution in [1.29, 1.82) is 0 Å². The molecule has 1 aliphatic heterocycles. The van der Waals surface area contributed by atoms with Gasteiger partial charge < -0.3 is 14.8 Å². The number of aryl methyl sites for hydroxylation is 1. The summed E-state index contributed by atoms with van der Waals surface area (Å²) in [6.45, 7) is 7.01. The van der Waals surface area contributed by atoms with E-state index in [9.17, 15) is 4.79 Å². The second-order valence-corrected chi connectivity index (χ2v) is 7.87. The first-order valence-electron chi connectivity index (χ1n) is 9.90. The highest BCUT2D eigenvalue weighted by molar-refractivity contribution is 5.96. The van der Waals surface area contributed by atoms with Gasteiger partial charge in [0.15, 0.2) is 0 Å². The Bertz CT molecular complexity index is 774. The topological polar surface area (TPSA) is 37.3 Å². The molecular weight excluding hydrogens is 358 g/mol. The Hall–Kier alpha value is -1.78. The molecule has 0 unspecified atom stereocenters. The summed E-state index contributed by atoms with van der Waals surface area (Å²) in [5.41, 5.74) is 4.10. The molecule has 0 atom stereocenters. The number of nitrogens with one attached hydrogen (secondary N) is 1. The summed E-state index contributed by atoms with van der Waals surface area (Å²) in [6.07, 6.45) is 4.91. The Labute approximate surface area is 168 Å². The third-order valence-electron chi connectivity index (χ3n) is 5.85. The lowest BCUT2D eigenvalue weighted by atomic mass is 10.0. The third-order valence-corrected chi connectivity index (χ3v) is 5.85. The molecule has 2 aliphatic rings. The number of piperidine rings is 1. The Morgan fingerprint density at radius 2 is 1.74 bits per heavy atom. The molecule has 4 nitrogen and oxygen atoms in total. The number of carbonyl (C=O) groups is 1. The van der Waals surface area contributed by atoms with Gasteiger partial charge >= 0.3 is 0 Å². The SMILES string of the molecule is Cc1cc(C(=O)N2CCC(NCC3CC3)CC2)c(C)n1-c1ccccc1.Cl. The van der Waals surface area contributed by atoms with Crippen LogP contribution in [0.4, 0.5) is 0 Å². The maximum absolute atomic E-state index is 13.1. The fourth-order valence-corrected chi connectivity index (χ4v) is 4.07. The molecule has 2 fully saturated rings. The average molecular weight is 388 g/mol. The van der Waals surface area contributed by atoms with Crippen LogP contribution in [-0.2, 0) is 0 Å². The number of halogens is 1. The molecule has 0 bridgehead atoms. The number of nitrogens with zero attached hydrogens (tertiary/aromatic N) is 2. The third kappa shape index (κ3) is 4.39. The molecule has 1 saturated heterocycles. The van der Waals surface area contributed by atoms with Crippen molar-refractivity contribution < 1.29 is 4.79 Å². The van der Waals surface area contributed by atoms with Crippen LogP contribution in [0, 0.1) is 19.8 Å². The fraction of sp³-hybridized carbons (Fsp3) is 0.500. The van der Waals surface area contributed by atoms with E-state index in [1.165, 1.54) is 12.8 Å². The largest absolute Gasteiger partial charge is 0.338 e. The summed E-state index contributed by atoms with van der Waals surface area (Å²) in [5.74, 6) is 1.10. The molecule has 146 valence electrons. The van der Waals surface area contributed by atoms with E-state index in [-0.39, 0.29) is 18.3 Å². The highest BCUT2D eigenvalue weighted by atomic mass is 35.5. The van der Waals surface area contributed by atoms with Gasteiger partial charge in [-0.2, -0.15) is 0 Å². The van der Waals surface area contributed by atoms with E-state index in [0.29, 0.717) is 6.04 Å². The molecule has 1 amide bonds. The van der Waals surface area contributed by atoms with Gasteiger partial charge in [-0.05, 0) is 70.2 Å². The van der Waals surface area contributed by atoms with E-state index >= 15 is 0 Å². The first kappa shape index (κ1) is 20.0. The van der Waals surface area contributed by atoms with Crippen molar-refractivity contribution in [2.45, 2.75) is 45.6 Å². The summed E-state index contributed by atoms with van der Waals surface area (Å²) < 4.78 is 2.18. The summed E-state index contributed by atoms with van der Waals surface area (Å²) in [6, 6.07) is 12.9. The number of hydrogen-bond acceptors (Lipinski definition) is 2. The van der Waals surface area contributed by atoms with E-state index in [1.807, 2.05) is 29.2 Å². The number of para-hydroxylation sites is 1. The van der Waals surface area contributed by atoms with E-state index < -0.39 is 0 Å². The first-order chi connectivity index (χ1) is 12.6. The number of amides is 1. The van der Waals surface area contributed by atoms with Crippen LogP contribution in [0.15, 0.2) is 36.4 Å². The highest BCUT2D eigenvalue weighted by Crippen LogP contribution is 2.28. The van der Waals surface area contributed by atoms with Gasteiger partial charge in [0.05, 0.1) is 5.56 Å². The van der Waals surface area contributed by atoms with Gasteiger partial charge in [-0.25, -0.2) is 0 Å². The van der Waals surface area contributed by atoms with Gasteiger partial charge in [-0.1, -0.05) is 18.2 Å². The van der Waals surface area contributed by atoms with E-state index in [2.05, 4.69) is 35.9 Å². The zero-order valence-corrected chi connectivity index (χ0v) is 17.1. The Morgan fingerprint density at radius 3 is 2.37 bits per heavy atom. The van der Waals surface area contributed by atoms with Crippen molar-refractivity contribution >= 4 is 18.3 Å². The summed E-state index contributed by atoms with van der Waals surface area (Å²) in [7, 11) is 0. The van der Waals surface area contributed by atoms with Crippen molar-refractivity contribution in [3.63, 3.8) is 0 Å². The number of hydrogen-bond donors (Lipinski definition) is 1. The minimum absolute atomic E-state index is 0. The second kappa shape index (κ2) is 8.49. The second-order valence-electron chi connectivity index (χ2n) is 7.87. The van der Waals surface area contributed by atoms with Crippen molar-refractivity contribution in [3.8, 4) is 5.69 Å². The lowest BCUT2D eigenvalue weighted by Gasteiger charge is -2.32. The zero-order chi connectivity index (χ0) is 18.1. The van der Waals surface area contributed by atoms with Crippen LogP contribution in [0.1, 0.15) is 47.4 Å². The lowest BCUT2D eigenvalue weighted by Crippen LogP contribution is -2.45. The van der Waals surface area contributed by atoms with Crippen LogP contribution in [0.3, 0.4) is 0 Å². The standard InChI is InChI=1S/C22H29N3O.ClH/c1-16-14-21(17(2)25(16)20-6-4-3-5-7-20)22(26)24-12-10-19(11-13-24)23-15-18-8-9-18;/h3-7,14,18-19,23H,8-13,15H2,1-2H3;1H. The van der Waals surface area contributed by atoms with Gasteiger partial charge in [0.2, 0.25) is 0 Å². The van der Waals surface area contributed by atoms with E-state index in [0.717, 1.165) is 61.0 Å². The van der Waals surface area contributed by atoms with E-state index in [1.54, 1.807) is 0 Å². The molecule has 1 aromatic heterocycles. The zero-order valence-electron chi connectivity index (χ0n) is 16.3. The molecule has 0 radical (unpaired) electrons. The maximum atomic E-state index is 13.1. The van der Waals surface area contributed by atoms with Gasteiger partial charge in [-0.3, -0.25) is 4.79 Å². The number of benzene rings is 1. The molecule has 5 heteroatoms. The summed E-state index contributed by atoms with van der Waals surface area (Å²) in [5, 5.41) is 3.69. The number of likely N-dealkylation sites (tertiary alicyclic amines) is 1. The molecule has 1 N–H and O–H groups in total. The van der Waals surface area contributed by atoms with Crippen LogP contribution in [0.2, 0.25) is 0 Å². The van der Waals surface area contributed by atoms with Gasteiger partial charge in [0, 0.05) is 36.2 Å². The number of carbonyl (C=O) groups excluding carboxylic acids is 1. The minimum Gasteiger partial charge on any atom is -0.338 e. The fourth-order valence-electron chi connectivity index (χ4n) is 4.07. The molecule has 2 aromatic rings. The van der Waals surface area contributed by atoms with Gasteiger partial charge in [0.1, 0.15) is 0 Å². The molecule has 1 aromatic carbocycles. The predicted molar refractivity (Wildman–Crippen MR) is 112 cm³/mol. The molecule has 4 rings (SSSR count). The molecular formula is C22H30ClN3O. The Balaban J connectivity index is 0.00000210. The highest BCUT2D eigenvalue weighted by Gasteiger charge is 2.28. The quantitative estimate of drug-likeness (QED) is 0.837. The van der Waals surface area contributed by atoms with Crippen LogP contribution in [0.5, 0.6) is 0 Å². The van der Waals surface area contributed by atoms with Crippen LogP contribution in [-0.4, -0.2) is 41.1 Å². The molecule has 1 aliphatic carbocycles. The summed E-state index contributed by atoms with van der Waals surface area (Å²) in [4.78, 5) is 15.1. The average Bonchev–Trinajstić information content (AvgIpc) is 3.45. The lowest BCUT2D eigenvalue weighted by molar-refractivity contribution is 0.0704. The van der Waals surface area contributed by atoms with Crippen LogP contribution < -0.4 is 5.32 Å². The minimum atomic E-state index is 0. The number of aromatic nitrogens is 1. The van der Waals surface area contributed by atoms with Crippen molar-refractivity contribution in [1.82, 2.24) is 14.8 Å². The van der Waals surface area contributed by atoms with Crippen molar-refractivity contribution in [2.24, 2.45) is 5.92 Å². The predicted octanol–water partition coefficient (Wildman–Crippen LogP) is 4.12. The molecule has 2 heterocycles.